The smallest absolute Gasteiger partial charge is 0.328 e. The fourth-order valence-corrected chi connectivity index (χ4v) is 5.83. The minimum absolute atomic E-state index is 0.182. The molecular weight excluding hydrogens is 407 g/mol. The molecule has 3 aliphatic rings. The van der Waals surface area contributed by atoms with Crippen LogP contribution in [0.1, 0.15) is 63.8 Å². The molecule has 1 aliphatic carbocycles. The van der Waals surface area contributed by atoms with Crippen LogP contribution < -0.4 is 10.2 Å². The van der Waals surface area contributed by atoms with Crippen LogP contribution in [0.2, 0.25) is 0 Å². The molecular formula is C25H33FN4O2. The molecule has 2 aromatic rings. The maximum absolute atomic E-state index is 14.8. The Labute approximate surface area is 188 Å². The van der Waals surface area contributed by atoms with Gasteiger partial charge in [-0.05, 0) is 49.9 Å². The summed E-state index contributed by atoms with van der Waals surface area (Å²) in [6.45, 7) is 3.61. The zero-order chi connectivity index (χ0) is 22.1. The van der Waals surface area contributed by atoms with Gasteiger partial charge in [-0.2, -0.15) is 0 Å². The third-order valence-corrected chi connectivity index (χ3v) is 7.68. The number of hydrogen-bond donors (Lipinski definition) is 1. The normalized spacial score (nSPS) is 22.0. The number of rotatable bonds is 5. The summed E-state index contributed by atoms with van der Waals surface area (Å²) in [4.78, 5) is 27.8. The molecule has 172 valence electrons. The molecule has 1 saturated carbocycles. The van der Waals surface area contributed by atoms with Crippen molar-refractivity contribution in [2.45, 2.75) is 63.8 Å². The van der Waals surface area contributed by atoms with E-state index in [1.54, 1.807) is 0 Å². The van der Waals surface area contributed by atoms with Gasteiger partial charge in [-0.25, -0.2) is 9.18 Å². The minimum atomic E-state index is -0.549. The second-order valence-corrected chi connectivity index (χ2v) is 9.67. The molecule has 2 saturated heterocycles. The number of benzene rings is 1. The van der Waals surface area contributed by atoms with Crippen LogP contribution in [0.4, 0.5) is 14.9 Å². The van der Waals surface area contributed by atoms with Crippen molar-refractivity contribution in [1.29, 1.82) is 0 Å². The number of likely N-dealkylation sites (tertiary alicyclic amines) is 1. The first kappa shape index (κ1) is 21.4. The first-order chi connectivity index (χ1) is 15.6. The molecule has 5 rings (SSSR count). The predicted molar refractivity (Wildman–Crippen MR) is 123 cm³/mol. The van der Waals surface area contributed by atoms with Crippen molar-refractivity contribution in [3.05, 3.63) is 30.2 Å². The van der Waals surface area contributed by atoms with E-state index in [0.717, 1.165) is 42.8 Å². The van der Waals surface area contributed by atoms with Crippen molar-refractivity contribution in [2.75, 3.05) is 31.1 Å². The number of carbonyl (C=O) groups excluding carboxylic acids is 2. The molecule has 2 aliphatic heterocycles. The highest BCUT2D eigenvalue weighted by Crippen LogP contribution is 2.35. The van der Waals surface area contributed by atoms with E-state index in [1.165, 1.54) is 56.0 Å². The van der Waals surface area contributed by atoms with Gasteiger partial charge in [-0.3, -0.25) is 15.0 Å². The summed E-state index contributed by atoms with van der Waals surface area (Å²) < 4.78 is 17.0. The highest BCUT2D eigenvalue weighted by atomic mass is 19.1. The summed E-state index contributed by atoms with van der Waals surface area (Å²) in [6.07, 6.45) is 12.8. The molecule has 6 nitrogen and oxygen atoms in total. The van der Waals surface area contributed by atoms with Gasteiger partial charge < -0.3 is 9.47 Å². The number of aromatic nitrogens is 1. The molecule has 0 atom stereocenters. The molecule has 0 spiro atoms. The van der Waals surface area contributed by atoms with Gasteiger partial charge in [0.2, 0.25) is 5.91 Å². The standard InChI is InChI=1S/C25H33FN4O2/c26-21-6-7-22-20(24(21)30-17-12-23(31)27-25(30)32)11-16-29(22)19-9-14-28(15-10-19)13-8-18-4-2-1-3-5-18/h6-7,11,16,18-19H,1-5,8-10,12-15,17H2,(H,27,31,32). The van der Waals surface area contributed by atoms with Gasteiger partial charge in [0.05, 0.1) is 11.2 Å². The van der Waals surface area contributed by atoms with Gasteiger partial charge in [0.25, 0.3) is 0 Å². The topological polar surface area (TPSA) is 57.6 Å². The Bertz CT molecular complexity index is 989. The summed E-state index contributed by atoms with van der Waals surface area (Å²) in [5.74, 6) is 0.175. The van der Waals surface area contributed by atoms with E-state index in [-0.39, 0.29) is 24.6 Å². The van der Waals surface area contributed by atoms with E-state index in [4.69, 9.17) is 0 Å². The summed E-state index contributed by atoms with van der Waals surface area (Å²) in [6, 6.07) is 5.00. The van der Waals surface area contributed by atoms with Crippen molar-refractivity contribution in [2.24, 2.45) is 5.92 Å². The maximum Gasteiger partial charge on any atom is 0.328 e. The molecule has 32 heavy (non-hydrogen) atoms. The van der Waals surface area contributed by atoms with Gasteiger partial charge in [-0.15, -0.1) is 0 Å². The van der Waals surface area contributed by atoms with E-state index >= 15 is 0 Å². The molecule has 1 aromatic carbocycles. The molecule has 1 aromatic heterocycles. The number of nitrogens with zero attached hydrogens (tertiary/aromatic N) is 3. The SMILES string of the molecule is O=C1CCN(c2c(F)ccc3c2ccn3C2CCN(CCC3CCCCC3)CC2)C(=O)N1. The van der Waals surface area contributed by atoms with Crippen LogP contribution in [0.15, 0.2) is 24.4 Å². The van der Waals surface area contributed by atoms with Crippen LogP contribution in [-0.2, 0) is 4.79 Å². The Morgan fingerprint density at radius 2 is 1.75 bits per heavy atom. The Balaban J connectivity index is 1.27. The summed E-state index contributed by atoms with van der Waals surface area (Å²) in [7, 11) is 0. The van der Waals surface area contributed by atoms with Crippen LogP contribution in [-0.4, -0.2) is 47.6 Å². The monoisotopic (exact) mass is 440 g/mol. The Morgan fingerprint density at radius 3 is 2.50 bits per heavy atom. The number of hydrogen-bond acceptors (Lipinski definition) is 3. The molecule has 3 heterocycles. The number of imide groups is 1. The first-order valence-electron chi connectivity index (χ1n) is 12.2. The molecule has 3 amide bonds. The summed E-state index contributed by atoms with van der Waals surface area (Å²) in [5, 5.41) is 3.03. The lowest BCUT2D eigenvalue weighted by atomic mass is 9.87. The average Bonchev–Trinajstić information content (AvgIpc) is 3.23. The van der Waals surface area contributed by atoms with Crippen LogP contribution >= 0.6 is 0 Å². The fraction of sp³-hybridized carbons (Fsp3) is 0.600. The first-order valence-corrected chi connectivity index (χ1v) is 12.2. The van der Waals surface area contributed by atoms with Gasteiger partial charge >= 0.3 is 6.03 Å². The zero-order valence-corrected chi connectivity index (χ0v) is 18.7. The maximum atomic E-state index is 14.8. The van der Waals surface area contributed by atoms with E-state index in [1.807, 2.05) is 18.3 Å². The largest absolute Gasteiger partial charge is 0.344 e. The van der Waals surface area contributed by atoms with Crippen LogP contribution in [0, 0.1) is 11.7 Å². The number of amides is 3. The number of nitrogens with one attached hydrogen (secondary N) is 1. The van der Waals surface area contributed by atoms with Crippen LogP contribution in [0.25, 0.3) is 10.9 Å². The Hall–Kier alpha value is -2.41. The van der Waals surface area contributed by atoms with Crippen LogP contribution in [0.3, 0.4) is 0 Å². The van der Waals surface area contributed by atoms with Crippen LogP contribution in [0.5, 0.6) is 0 Å². The van der Waals surface area contributed by atoms with Gasteiger partial charge in [-0.1, -0.05) is 32.1 Å². The van der Waals surface area contributed by atoms with Crippen molar-refractivity contribution >= 4 is 28.5 Å². The van der Waals surface area contributed by atoms with E-state index in [9.17, 15) is 14.0 Å². The minimum Gasteiger partial charge on any atom is -0.344 e. The van der Waals surface area contributed by atoms with Crippen molar-refractivity contribution in [1.82, 2.24) is 14.8 Å². The number of halogens is 1. The van der Waals surface area contributed by atoms with Crippen molar-refractivity contribution < 1.29 is 14.0 Å². The summed E-state index contributed by atoms with van der Waals surface area (Å²) in [5.41, 5.74) is 1.22. The third kappa shape index (κ3) is 4.27. The van der Waals surface area contributed by atoms with Gasteiger partial charge in [0.15, 0.2) is 0 Å². The van der Waals surface area contributed by atoms with Gasteiger partial charge in [0, 0.05) is 43.7 Å². The Morgan fingerprint density at radius 1 is 0.969 bits per heavy atom. The molecule has 0 bridgehead atoms. The van der Waals surface area contributed by atoms with E-state index in [0.29, 0.717) is 6.04 Å². The Kier molecular flexibility index (Phi) is 6.17. The number of piperidine rings is 1. The lowest BCUT2D eigenvalue weighted by molar-refractivity contribution is -0.120. The van der Waals surface area contributed by atoms with Gasteiger partial charge in [0.1, 0.15) is 5.82 Å². The average molecular weight is 441 g/mol. The van der Waals surface area contributed by atoms with E-state index in [2.05, 4.69) is 14.8 Å². The van der Waals surface area contributed by atoms with Crippen molar-refractivity contribution in [3.8, 4) is 0 Å². The quantitative estimate of drug-likeness (QED) is 0.724. The highest BCUT2D eigenvalue weighted by Gasteiger charge is 2.29. The second-order valence-electron chi connectivity index (χ2n) is 9.67. The molecule has 0 unspecified atom stereocenters. The zero-order valence-electron chi connectivity index (χ0n) is 18.7. The number of anilines is 1. The number of fused-ring (bicyclic) bond motifs is 1. The second kappa shape index (κ2) is 9.22. The number of carbonyl (C=O) groups is 2. The third-order valence-electron chi connectivity index (χ3n) is 7.68. The molecule has 0 radical (unpaired) electrons. The lowest BCUT2D eigenvalue weighted by Crippen LogP contribution is -2.50. The van der Waals surface area contributed by atoms with Crippen molar-refractivity contribution in [3.63, 3.8) is 0 Å². The molecule has 7 heteroatoms. The fourth-order valence-electron chi connectivity index (χ4n) is 5.83. The van der Waals surface area contributed by atoms with E-state index < -0.39 is 11.8 Å². The molecule has 1 N–H and O–H groups in total. The lowest BCUT2D eigenvalue weighted by Gasteiger charge is -2.34. The molecule has 3 fully saturated rings. The predicted octanol–water partition coefficient (Wildman–Crippen LogP) is 4.83. The highest BCUT2D eigenvalue weighted by molar-refractivity contribution is 6.09. The number of urea groups is 1. The summed E-state index contributed by atoms with van der Waals surface area (Å²) >= 11 is 0.